The van der Waals surface area contributed by atoms with Gasteiger partial charge in [0.2, 0.25) is 0 Å². The van der Waals surface area contributed by atoms with E-state index in [2.05, 4.69) is 19.3 Å². The molecule has 0 aliphatic heterocycles. The predicted molar refractivity (Wildman–Crippen MR) is 86.2 cm³/mol. The van der Waals surface area contributed by atoms with Gasteiger partial charge in [-0.2, -0.15) is 0 Å². The zero-order valence-electron chi connectivity index (χ0n) is 13.2. The van der Waals surface area contributed by atoms with Crippen molar-refractivity contribution in [2.45, 2.75) is 64.3 Å². The highest BCUT2D eigenvalue weighted by atomic mass is 32.2. The summed E-state index contributed by atoms with van der Waals surface area (Å²) in [6.07, 6.45) is 11.0. The van der Waals surface area contributed by atoms with Crippen LogP contribution in [0.25, 0.3) is 0 Å². The number of rotatable bonds is 7. The number of unbranched alkanes of at least 4 members (excludes halogenated alkanes) is 1. The average Bonchev–Trinajstić information content (AvgIpc) is 2.40. The van der Waals surface area contributed by atoms with E-state index in [9.17, 15) is 4.21 Å². The highest BCUT2D eigenvalue weighted by molar-refractivity contribution is 7.85. The Morgan fingerprint density at radius 2 is 1.70 bits per heavy atom. The summed E-state index contributed by atoms with van der Waals surface area (Å²) in [5.74, 6) is 4.76. The van der Waals surface area contributed by atoms with Crippen LogP contribution in [0.3, 0.4) is 0 Å². The fourth-order valence-corrected chi connectivity index (χ4v) is 7.41. The molecule has 0 spiro atoms. The first-order chi connectivity index (χ1) is 9.65. The quantitative estimate of drug-likeness (QED) is 0.781. The minimum Gasteiger partial charge on any atom is -0.316 e. The van der Waals surface area contributed by atoms with Gasteiger partial charge in [-0.1, -0.05) is 13.3 Å². The van der Waals surface area contributed by atoms with Crippen molar-refractivity contribution in [3.63, 3.8) is 0 Å². The first-order valence-corrected chi connectivity index (χ1v) is 10.2. The van der Waals surface area contributed by atoms with Crippen LogP contribution >= 0.6 is 0 Å². The Bertz CT molecular complexity index is 333. The summed E-state index contributed by atoms with van der Waals surface area (Å²) >= 11 is 0. The second kappa shape index (κ2) is 6.08. The van der Waals surface area contributed by atoms with E-state index < -0.39 is 10.8 Å². The molecule has 4 saturated carbocycles. The lowest BCUT2D eigenvalue weighted by atomic mass is 9.48. The maximum Gasteiger partial charge on any atom is 0.0394 e. The average molecular weight is 298 g/mol. The molecule has 20 heavy (non-hydrogen) atoms. The van der Waals surface area contributed by atoms with Crippen molar-refractivity contribution >= 4 is 10.8 Å². The van der Waals surface area contributed by atoms with Crippen LogP contribution in [0.2, 0.25) is 0 Å². The standard InChI is InChI=1S/C17H31NOS/c1-3-4-5-20(19)12-16(18-2)17-9-13-6-14(10-17)8-15(7-13)11-17/h13-16,18H,3-12H2,1-2H3. The third-order valence-electron chi connectivity index (χ3n) is 6.25. The van der Waals surface area contributed by atoms with Crippen molar-refractivity contribution in [3.05, 3.63) is 0 Å². The molecule has 116 valence electrons. The molecule has 0 saturated heterocycles. The second-order valence-corrected chi connectivity index (χ2v) is 9.41. The lowest BCUT2D eigenvalue weighted by molar-refractivity contribution is -0.0683. The Hall–Kier alpha value is 0.110. The molecule has 3 heteroatoms. The van der Waals surface area contributed by atoms with E-state index in [0.29, 0.717) is 11.5 Å². The molecule has 4 aliphatic carbocycles. The fraction of sp³-hybridized carbons (Fsp3) is 1.00. The SMILES string of the molecule is CCCCS(=O)CC(NC)C12CC3CC(CC(C3)C1)C2. The van der Waals surface area contributed by atoms with Crippen LogP contribution in [-0.2, 0) is 10.8 Å². The second-order valence-electron chi connectivity index (χ2n) is 7.79. The molecule has 4 fully saturated rings. The van der Waals surface area contributed by atoms with Crippen molar-refractivity contribution in [1.29, 1.82) is 0 Å². The molecule has 4 aliphatic rings. The van der Waals surface area contributed by atoms with Crippen LogP contribution in [0, 0.1) is 23.2 Å². The molecule has 0 heterocycles. The van der Waals surface area contributed by atoms with E-state index in [1.165, 1.54) is 38.5 Å². The molecular formula is C17H31NOS. The maximum absolute atomic E-state index is 12.3. The Balaban J connectivity index is 1.67. The predicted octanol–water partition coefficient (Wildman–Crippen LogP) is 3.34. The van der Waals surface area contributed by atoms with Gasteiger partial charge in [0.05, 0.1) is 0 Å². The molecule has 1 N–H and O–H groups in total. The Morgan fingerprint density at radius 1 is 1.15 bits per heavy atom. The summed E-state index contributed by atoms with van der Waals surface area (Å²) in [5.41, 5.74) is 0.491. The van der Waals surface area contributed by atoms with E-state index in [-0.39, 0.29) is 0 Å². The van der Waals surface area contributed by atoms with E-state index >= 15 is 0 Å². The minimum atomic E-state index is -0.625. The smallest absolute Gasteiger partial charge is 0.0394 e. The van der Waals surface area contributed by atoms with Crippen LogP contribution in [0.15, 0.2) is 0 Å². The Labute approximate surface area is 126 Å². The topological polar surface area (TPSA) is 29.1 Å². The monoisotopic (exact) mass is 297 g/mol. The molecule has 2 atom stereocenters. The van der Waals surface area contributed by atoms with Gasteiger partial charge in [0.1, 0.15) is 0 Å². The van der Waals surface area contributed by atoms with Crippen molar-refractivity contribution in [3.8, 4) is 0 Å². The number of hydrogen-bond donors (Lipinski definition) is 1. The van der Waals surface area contributed by atoms with Gasteiger partial charge >= 0.3 is 0 Å². The molecular weight excluding hydrogens is 266 g/mol. The molecule has 4 rings (SSSR count). The van der Waals surface area contributed by atoms with Gasteiger partial charge in [-0.15, -0.1) is 0 Å². The zero-order chi connectivity index (χ0) is 14.2. The van der Waals surface area contributed by atoms with E-state index in [4.69, 9.17) is 0 Å². The van der Waals surface area contributed by atoms with Gasteiger partial charge in [0.15, 0.2) is 0 Å². The lowest BCUT2D eigenvalue weighted by Crippen LogP contribution is -2.57. The summed E-state index contributed by atoms with van der Waals surface area (Å²) in [4.78, 5) is 0. The molecule has 2 unspecified atom stereocenters. The Morgan fingerprint density at radius 3 is 2.15 bits per heavy atom. The summed E-state index contributed by atoms with van der Waals surface area (Å²) in [5, 5.41) is 3.57. The third-order valence-corrected chi connectivity index (χ3v) is 7.70. The molecule has 4 bridgehead atoms. The first-order valence-electron chi connectivity index (χ1n) is 8.67. The first kappa shape index (κ1) is 15.0. The highest BCUT2D eigenvalue weighted by Crippen LogP contribution is 2.61. The van der Waals surface area contributed by atoms with Gasteiger partial charge in [-0.3, -0.25) is 4.21 Å². The number of hydrogen-bond acceptors (Lipinski definition) is 2. The lowest BCUT2D eigenvalue weighted by Gasteiger charge is -2.59. The van der Waals surface area contributed by atoms with Gasteiger partial charge < -0.3 is 5.32 Å². The summed E-state index contributed by atoms with van der Waals surface area (Å²) < 4.78 is 12.3. The molecule has 0 radical (unpaired) electrons. The van der Waals surface area contributed by atoms with Crippen molar-refractivity contribution in [1.82, 2.24) is 5.32 Å². The highest BCUT2D eigenvalue weighted by Gasteiger charge is 2.53. The summed E-state index contributed by atoms with van der Waals surface area (Å²) in [7, 11) is 1.47. The van der Waals surface area contributed by atoms with Crippen LogP contribution < -0.4 is 5.32 Å². The van der Waals surface area contributed by atoms with Gasteiger partial charge in [-0.05, 0) is 75.2 Å². The summed E-state index contributed by atoms with van der Waals surface area (Å²) in [6, 6.07) is 0.494. The van der Waals surface area contributed by atoms with Crippen LogP contribution in [0.4, 0.5) is 0 Å². The van der Waals surface area contributed by atoms with Crippen LogP contribution in [-0.4, -0.2) is 28.8 Å². The molecule has 0 aromatic heterocycles. The molecule has 0 aromatic carbocycles. The van der Waals surface area contributed by atoms with Gasteiger partial charge in [0.25, 0.3) is 0 Å². The van der Waals surface area contributed by atoms with Crippen molar-refractivity contribution < 1.29 is 4.21 Å². The third kappa shape index (κ3) is 2.85. The van der Waals surface area contributed by atoms with Crippen LogP contribution in [0.1, 0.15) is 58.3 Å². The molecule has 0 aromatic rings. The van der Waals surface area contributed by atoms with Crippen LogP contribution in [0.5, 0.6) is 0 Å². The molecule has 0 amide bonds. The Kier molecular flexibility index (Phi) is 4.57. The summed E-state index contributed by atoms with van der Waals surface area (Å²) in [6.45, 7) is 2.19. The van der Waals surface area contributed by atoms with Crippen molar-refractivity contribution in [2.24, 2.45) is 23.2 Å². The van der Waals surface area contributed by atoms with Crippen molar-refractivity contribution in [2.75, 3.05) is 18.6 Å². The largest absolute Gasteiger partial charge is 0.316 e. The normalized spacial score (nSPS) is 41.8. The van der Waals surface area contributed by atoms with E-state index in [0.717, 1.165) is 42.1 Å². The van der Waals surface area contributed by atoms with Gasteiger partial charge in [0, 0.05) is 28.3 Å². The molecule has 2 nitrogen and oxygen atoms in total. The number of nitrogens with one attached hydrogen (secondary N) is 1. The van der Waals surface area contributed by atoms with E-state index in [1.807, 2.05) is 0 Å². The van der Waals surface area contributed by atoms with Gasteiger partial charge in [-0.25, -0.2) is 0 Å². The minimum absolute atomic E-state index is 0.491. The van der Waals surface area contributed by atoms with E-state index in [1.54, 1.807) is 0 Å². The zero-order valence-corrected chi connectivity index (χ0v) is 14.0. The fourth-order valence-electron chi connectivity index (χ4n) is 5.75. The maximum atomic E-state index is 12.3.